The third-order valence-corrected chi connectivity index (χ3v) is 3.08. The Morgan fingerprint density at radius 1 is 1.37 bits per heavy atom. The van der Waals surface area contributed by atoms with Gasteiger partial charge in [-0.15, -0.1) is 0 Å². The molecule has 0 fully saturated rings. The number of nitrogens with one attached hydrogen (secondary N) is 1. The molecule has 0 amide bonds. The Hall–Kier alpha value is -1.85. The molecule has 1 atom stereocenters. The van der Waals surface area contributed by atoms with Gasteiger partial charge in [-0.3, -0.25) is 4.79 Å². The zero-order valence-corrected chi connectivity index (χ0v) is 10.6. The van der Waals surface area contributed by atoms with Crippen molar-refractivity contribution in [3.05, 3.63) is 36.1 Å². The van der Waals surface area contributed by atoms with Crippen molar-refractivity contribution in [3.8, 4) is 0 Å². The van der Waals surface area contributed by atoms with Crippen LogP contribution in [0, 0.1) is 0 Å². The number of para-hydroxylation sites is 1. The Kier molecular flexibility index (Phi) is 4.54. The highest BCUT2D eigenvalue weighted by Gasteiger charge is 2.10. The standard InChI is InChI=1S/C14H18N2O3/c15-12(14(17)18)6-8-16-7-5-10-9-19-13-4-2-1-3-11(10)13/h1-4,9,12,16H,5-8,15H2,(H,17,18). The summed E-state index contributed by atoms with van der Waals surface area (Å²) in [4.78, 5) is 10.5. The SMILES string of the molecule is NC(CCNCCc1coc2ccccc12)C(=O)O. The lowest BCUT2D eigenvalue weighted by molar-refractivity contribution is -0.138. The normalized spacial score (nSPS) is 12.7. The van der Waals surface area contributed by atoms with E-state index in [1.807, 2.05) is 24.3 Å². The molecule has 0 aliphatic carbocycles. The quantitative estimate of drug-likeness (QED) is 0.656. The molecule has 1 unspecified atom stereocenters. The van der Waals surface area contributed by atoms with Crippen LogP contribution in [0.1, 0.15) is 12.0 Å². The number of furan rings is 1. The summed E-state index contributed by atoms with van der Waals surface area (Å²) in [7, 11) is 0. The highest BCUT2D eigenvalue weighted by molar-refractivity contribution is 5.80. The summed E-state index contributed by atoms with van der Waals surface area (Å²) in [5.74, 6) is -0.956. The molecule has 1 aromatic carbocycles. The van der Waals surface area contributed by atoms with Crippen molar-refractivity contribution < 1.29 is 14.3 Å². The van der Waals surface area contributed by atoms with Gasteiger partial charge >= 0.3 is 5.97 Å². The Balaban J connectivity index is 1.76. The van der Waals surface area contributed by atoms with Gasteiger partial charge in [0.25, 0.3) is 0 Å². The number of nitrogens with two attached hydrogens (primary N) is 1. The molecule has 0 radical (unpaired) electrons. The molecule has 0 aliphatic rings. The maximum Gasteiger partial charge on any atom is 0.320 e. The van der Waals surface area contributed by atoms with E-state index in [1.165, 1.54) is 0 Å². The number of carboxylic acids is 1. The third-order valence-electron chi connectivity index (χ3n) is 3.08. The molecule has 19 heavy (non-hydrogen) atoms. The second-order valence-electron chi connectivity index (χ2n) is 4.49. The molecule has 2 rings (SSSR count). The zero-order valence-electron chi connectivity index (χ0n) is 10.6. The average Bonchev–Trinajstić information content (AvgIpc) is 2.81. The number of benzene rings is 1. The van der Waals surface area contributed by atoms with Gasteiger partial charge < -0.3 is 20.6 Å². The molecular weight excluding hydrogens is 244 g/mol. The average molecular weight is 262 g/mol. The maximum atomic E-state index is 10.5. The number of aliphatic carboxylic acids is 1. The van der Waals surface area contributed by atoms with Crippen molar-refractivity contribution in [2.75, 3.05) is 13.1 Å². The van der Waals surface area contributed by atoms with E-state index >= 15 is 0 Å². The lowest BCUT2D eigenvalue weighted by Crippen LogP contribution is -2.34. The molecule has 0 bridgehead atoms. The van der Waals surface area contributed by atoms with Gasteiger partial charge in [0.2, 0.25) is 0 Å². The number of carboxylic acid groups (broad SMARTS) is 1. The summed E-state index contributed by atoms with van der Waals surface area (Å²) in [6.45, 7) is 1.37. The minimum Gasteiger partial charge on any atom is -0.480 e. The molecule has 0 spiro atoms. The van der Waals surface area contributed by atoms with Crippen molar-refractivity contribution in [2.45, 2.75) is 18.9 Å². The number of carbonyl (C=O) groups is 1. The van der Waals surface area contributed by atoms with Crippen LogP contribution in [0.3, 0.4) is 0 Å². The predicted octanol–water partition coefficient (Wildman–Crippen LogP) is 1.37. The van der Waals surface area contributed by atoms with Crippen molar-refractivity contribution >= 4 is 16.9 Å². The third kappa shape index (κ3) is 3.56. The van der Waals surface area contributed by atoms with Crippen LogP contribution >= 0.6 is 0 Å². The van der Waals surface area contributed by atoms with E-state index in [1.54, 1.807) is 6.26 Å². The molecule has 0 saturated carbocycles. The number of fused-ring (bicyclic) bond motifs is 1. The van der Waals surface area contributed by atoms with Crippen molar-refractivity contribution in [1.82, 2.24) is 5.32 Å². The van der Waals surface area contributed by atoms with Gasteiger partial charge in [0, 0.05) is 5.39 Å². The second kappa shape index (κ2) is 6.36. The molecule has 5 heteroatoms. The Morgan fingerprint density at radius 2 is 2.16 bits per heavy atom. The van der Waals surface area contributed by atoms with Crippen molar-refractivity contribution in [2.24, 2.45) is 5.73 Å². The van der Waals surface area contributed by atoms with Crippen LogP contribution < -0.4 is 11.1 Å². The second-order valence-corrected chi connectivity index (χ2v) is 4.49. The topological polar surface area (TPSA) is 88.5 Å². The monoisotopic (exact) mass is 262 g/mol. The van der Waals surface area contributed by atoms with E-state index in [0.717, 1.165) is 29.5 Å². The summed E-state index contributed by atoms with van der Waals surface area (Å²) < 4.78 is 5.45. The van der Waals surface area contributed by atoms with Gasteiger partial charge in [-0.25, -0.2) is 0 Å². The molecule has 5 nitrogen and oxygen atoms in total. The molecule has 0 saturated heterocycles. The van der Waals surface area contributed by atoms with Gasteiger partial charge in [-0.1, -0.05) is 18.2 Å². The highest BCUT2D eigenvalue weighted by Crippen LogP contribution is 2.20. The van der Waals surface area contributed by atoms with E-state index in [2.05, 4.69) is 5.32 Å². The van der Waals surface area contributed by atoms with Crippen molar-refractivity contribution in [3.63, 3.8) is 0 Å². The maximum absolute atomic E-state index is 10.5. The van der Waals surface area contributed by atoms with Gasteiger partial charge in [0.05, 0.1) is 6.26 Å². The molecular formula is C14H18N2O3. The van der Waals surface area contributed by atoms with Crippen LogP contribution in [-0.2, 0) is 11.2 Å². The van der Waals surface area contributed by atoms with Gasteiger partial charge in [0.1, 0.15) is 11.6 Å². The van der Waals surface area contributed by atoms with E-state index < -0.39 is 12.0 Å². The summed E-state index contributed by atoms with van der Waals surface area (Å²) in [5.41, 5.74) is 7.47. The first-order valence-electron chi connectivity index (χ1n) is 6.32. The molecule has 4 N–H and O–H groups in total. The minimum absolute atomic E-state index is 0.432. The van der Waals surface area contributed by atoms with Crippen molar-refractivity contribution in [1.29, 1.82) is 0 Å². The number of rotatable bonds is 7. The molecule has 0 aliphatic heterocycles. The van der Waals surface area contributed by atoms with Crippen LogP contribution in [0.2, 0.25) is 0 Å². The molecule has 1 heterocycles. The largest absolute Gasteiger partial charge is 0.480 e. The first-order chi connectivity index (χ1) is 9.18. The Morgan fingerprint density at radius 3 is 2.95 bits per heavy atom. The van der Waals surface area contributed by atoms with Gasteiger partial charge in [0.15, 0.2) is 0 Å². The van der Waals surface area contributed by atoms with E-state index in [0.29, 0.717) is 13.0 Å². The van der Waals surface area contributed by atoms with Crippen LogP contribution in [0.15, 0.2) is 34.9 Å². The lowest BCUT2D eigenvalue weighted by Gasteiger charge is -2.07. The van der Waals surface area contributed by atoms with Crippen LogP contribution in [0.4, 0.5) is 0 Å². The Bertz CT molecular complexity index is 550. The lowest BCUT2D eigenvalue weighted by atomic mass is 10.1. The summed E-state index contributed by atoms with van der Waals surface area (Å²) in [5, 5.41) is 13.0. The fourth-order valence-corrected chi connectivity index (χ4v) is 1.96. The van der Waals surface area contributed by atoms with E-state index in [-0.39, 0.29) is 0 Å². The van der Waals surface area contributed by atoms with E-state index in [9.17, 15) is 4.79 Å². The smallest absolute Gasteiger partial charge is 0.320 e. The van der Waals surface area contributed by atoms with Gasteiger partial charge in [-0.2, -0.15) is 0 Å². The summed E-state index contributed by atoms with van der Waals surface area (Å²) in [6.07, 6.45) is 3.05. The fourth-order valence-electron chi connectivity index (χ4n) is 1.96. The first-order valence-corrected chi connectivity index (χ1v) is 6.32. The summed E-state index contributed by atoms with van der Waals surface area (Å²) >= 11 is 0. The minimum atomic E-state index is -0.956. The van der Waals surface area contributed by atoms with Gasteiger partial charge in [-0.05, 0) is 37.6 Å². The Labute approximate surface area is 111 Å². The molecule has 102 valence electrons. The summed E-state index contributed by atoms with van der Waals surface area (Å²) in [6, 6.07) is 7.12. The fraction of sp³-hybridized carbons (Fsp3) is 0.357. The predicted molar refractivity (Wildman–Crippen MR) is 73.0 cm³/mol. The van der Waals surface area contributed by atoms with E-state index in [4.69, 9.17) is 15.3 Å². The highest BCUT2D eigenvalue weighted by atomic mass is 16.4. The van der Waals surface area contributed by atoms with Crippen LogP contribution in [0.5, 0.6) is 0 Å². The molecule has 2 aromatic rings. The number of hydrogen-bond acceptors (Lipinski definition) is 4. The first kappa shape index (κ1) is 13.6. The zero-order chi connectivity index (χ0) is 13.7. The van der Waals surface area contributed by atoms with Crippen LogP contribution in [0.25, 0.3) is 11.0 Å². The van der Waals surface area contributed by atoms with Crippen LogP contribution in [-0.4, -0.2) is 30.2 Å². The number of hydrogen-bond donors (Lipinski definition) is 3. The molecule has 1 aromatic heterocycles.